The second-order valence-corrected chi connectivity index (χ2v) is 5.71. The summed E-state index contributed by atoms with van der Waals surface area (Å²) in [6, 6.07) is -0.123. The molecule has 3 nitrogen and oxygen atoms in total. The fourth-order valence-corrected chi connectivity index (χ4v) is 2.40. The van der Waals surface area contributed by atoms with Crippen LogP contribution in [-0.4, -0.2) is 25.2 Å². The number of esters is 1. The molecule has 1 aliphatic heterocycles. The van der Waals surface area contributed by atoms with Crippen LogP contribution in [-0.2, 0) is 9.53 Å². The molecule has 0 aromatic heterocycles. The van der Waals surface area contributed by atoms with E-state index in [1.165, 1.54) is 12.8 Å². The van der Waals surface area contributed by atoms with Gasteiger partial charge in [0, 0.05) is 0 Å². The van der Waals surface area contributed by atoms with Crippen LogP contribution in [0.1, 0.15) is 59.3 Å². The molecule has 0 aromatic carbocycles. The van der Waals surface area contributed by atoms with Crippen molar-refractivity contribution in [3.05, 3.63) is 0 Å². The monoisotopic (exact) mass is 241 g/mol. The van der Waals surface area contributed by atoms with E-state index < -0.39 is 0 Å². The van der Waals surface area contributed by atoms with Crippen LogP contribution < -0.4 is 5.32 Å². The molecule has 0 radical (unpaired) electrons. The predicted octanol–water partition coefficient (Wildman–Crippen LogP) is 2.89. The smallest absolute Gasteiger partial charge is 0.323 e. The SMILES string of the molecule is CCCCCCOC(=O)C1NCCCC1(C)C. The third-order valence-corrected chi connectivity index (χ3v) is 3.61. The maximum atomic E-state index is 12.0. The number of piperidine rings is 1. The Bertz CT molecular complexity index is 238. The highest BCUT2D eigenvalue weighted by Gasteiger charge is 2.38. The van der Waals surface area contributed by atoms with E-state index in [1.54, 1.807) is 0 Å². The second kappa shape index (κ2) is 7.00. The van der Waals surface area contributed by atoms with Crippen LogP contribution in [0, 0.1) is 5.41 Å². The Morgan fingerprint density at radius 3 is 2.76 bits per heavy atom. The first-order valence-corrected chi connectivity index (χ1v) is 6.98. The lowest BCUT2D eigenvalue weighted by molar-refractivity contribution is -0.150. The van der Waals surface area contributed by atoms with Gasteiger partial charge in [0.2, 0.25) is 0 Å². The van der Waals surface area contributed by atoms with Gasteiger partial charge in [0.05, 0.1) is 6.61 Å². The van der Waals surface area contributed by atoms with Crippen LogP contribution in [0.25, 0.3) is 0 Å². The summed E-state index contributed by atoms with van der Waals surface area (Å²) in [5.41, 5.74) is 0.0265. The Labute approximate surface area is 105 Å². The highest BCUT2D eigenvalue weighted by Crippen LogP contribution is 2.30. The van der Waals surface area contributed by atoms with Gasteiger partial charge in [-0.3, -0.25) is 4.79 Å². The fourth-order valence-electron chi connectivity index (χ4n) is 2.40. The number of nitrogens with one attached hydrogen (secondary N) is 1. The number of ether oxygens (including phenoxy) is 1. The molecular formula is C14H27NO2. The molecule has 0 saturated carbocycles. The van der Waals surface area contributed by atoms with Crippen LogP contribution in [0.15, 0.2) is 0 Å². The van der Waals surface area contributed by atoms with Crippen LogP contribution >= 0.6 is 0 Å². The molecule has 1 aliphatic rings. The summed E-state index contributed by atoms with van der Waals surface area (Å²) in [7, 11) is 0. The molecule has 0 spiro atoms. The van der Waals surface area contributed by atoms with Gasteiger partial charge >= 0.3 is 5.97 Å². The molecule has 17 heavy (non-hydrogen) atoms. The Hall–Kier alpha value is -0.570. The number of rotatable bonds is 6. The molecule has 1 atom stereocenters. The van der Waals surface area contributed by atoms with Crippen molar-refractivity contribution in [1.82, 2.24) is 5.32 Å². The van der Waals surface area contributed by atoms with Gasteiger partial charge in [-0.15, -0.1) is 0 Å². The molecule has 0 aliphatic carbocycles. The van der Waals surface area contributed by atoms with Crippen molar-refractivity contribution in [2.75, 3.05) is 13.2 Å². The van der Waals surface area contributed by atoms with E-state index in [9.17, 15) is 4.79 Å². The molecule has 1 rings (SSSR count). The number of carbonyl (C=O) groups excluding carboxylic acids is 1. The maximum absolute atomic E-state index is 12.0. The van der Waals surface area contributed by atoms with Gasteiger partial charge in [0.25, 0.3) is 0 Å². The molecule has 0 amide bonds. The average molecular weight is 241 g/mol. The Kier molecular flexibility index (Phi) is 5.96. The minimum Gasteiger partial charge on any atom is -0.465 e. The van der Waals surface area contributed by atoms with Crippen molar-refractivity contribution >= 4 is 5.97 Å². The first kappa shape index (κ1) is 14.5. The lowest BCUT2D eigenvalue weighted by Crippen LogP contribution is -2.52. The van der Waals surface area contributed by atoms with E-state index in [4.69, 9.17) is 4.74 Å². The molecule has 3 heteroatoms. The Balaban J connectivity index is 2.26. The topological polar surface area (TPSA) is 38.3 Å². The Morgan fingerprint density at radius 1 is 1.35 bits per heavy atom. The molecule has 0 aromatic rings. The first-order valence-electron chi connectivity index (χ1n) is 6.98. The molecule has 1 fully saturated rings. The molecular weight excluding hydrogens is 214 g/mol. The van der Waals surface area contributed by atoms with Crippen molar-refractivity contribution in [2.24, 2.45) is 5.41 Å². The summed E-state index contributed by atoms with van der Waals surface area (Å²) < 4.78 is 5.36. The molecule has 0 bridgehead atoms. The number of hydrogen-bond donors (Lipinski definition) is 1. The van der Waals surface area contributed by atoms with E-state index in [2.05, 4.69) is 26.1 Å². The van der Waals surface area contributed by atoms with E-state index in [0.717, 1.165) is 32.2 Å². The third-order valence-electron chi connectivity index (χ3n) is 3.61. The van der Waals surface area contributed by atoms with Gasteiger partial charge in [-0.25, -0.2) is 0 Å². The van der Waals surface area contributed by atoms with E-state index in [-0.39, 0.29) is 17.4 Å². The summed E-state index contributed by atoms with van der Waals surface area (Å²) in [6.07, 6.45) is 6.83. The van der Waals surface area contributed by atoms with E-state index >= 15 is 0 Å². The highest BCUT2D eigenvalue weighted by molar-refractivity contribution is 5.77. The summed E-state index contributed by atoms with van der Waals surface area (Å²) in [5.74, 6) is -0.0637. The highest BCUT2D eigenvalue weighted by atomic mass is 16.5. The lowest BCUT2D eigenvalue weighted by atomic mass is 9.77. The van der Waals surface area contributed by atoms with Crippen molar-refractivity contribution in [3.8, 4) is 0 Å². The van der Waals surface area contributed by atoms with Gasteiger partial charge in [0.1, 0.15) is 6.04 Å². The van der Waals surface area contributed by atoms with Crippen LogP contribution in [0.4, 0.5) is 0 Å². The van der Waals surface area contributed by atoms with Gasteiger partial charge in [-0.05, 0) is 31.2 Å². The zero-order valence-corrected chi connectivity index (χ0v) is 11.6. The van der Waals surface area contributed by atoms with Crippen LogP contribution in [0.3, 0.4) is 0 Å². The molecule has 100 valence electrons. The van der Waals surface area contributed by atoms with Crippen LogP contribution in [0.2, 0.25) is 0 Å². The van der Waals surface area contributed by atoms with Crippen LogP contribution in [0.5, 0.6) is 0 Å². The van der Waals surface area contributed by atoms with E-state index in [1.807, 2.05) is 0 Å². The normalized spacial score (nSPS) is 23.4. The lowest BCUT2D eigenvalue weighted by Gasteiger charge is -2.37. The van der Waals surface area contributed by atoms with Crippen molar-refractivity contribution in [2.45, 2.75) is 65.3 Å². The maximum Gasteiger partial charge on any atom is 0.323 e. The van der Waals surface area contributed by atoms with Gasteiger partial charge in [0.15, 0.2) is 0 Å². The molecule has 1 saturated heterocycles. The molecule has 1 N–H and O–H groups in total. The Morgan fingerprint density at radius 2 is 2.12 bits per heavy atom. The average Bonchev–Trinajstić information content (AvgIpc) is 2.28. The quantitative estimate of drug-likeness (QED) is 0.574. The fraction of sp³-hybridized carbons (Fsp3) is 0.929. The first-order chi connectivity index (χ1) is 8.08. The number of hydrogen-bond acceptors (Lipinski definition) is 3. The standard InChI is InChI=1S/C14H27NO2/c1-4-5-6-7-11-17-13(16)12-14(2,3)9-8-10-15-12/h12,15H,4-11H2,1-3H3. The third kappa shape index (κ3) is 4.66. The zero-order valence-electron chi connectivity index (χ0n) is 11.6. The van der Waals surface area contributed by atoms with Crippen molar-refractivity contribution in [1.29, 1.82) is 0 Å². The minimum absolute atomic E-state index is 0.0265. The number of carbonyl (C=O) groups is 1. The van der Waals surface area contributed by atoms with Gasteiger partial charge in [-0.2, -0.15) is 0 Å². The van der Waals surface area contributed by atoms with E-state index in [0.29, 0.717) is 6.61 Å². The minimum atomic E-state index is -0.123. The summed E-state index contributed by atoms with van der Waals surface area (Å²) >= 11 is 0. The number of unbranched alkanes of at least 4 members (excludes halogenated alkanes) is 3. The molecule has 1 unspecified atom stereocenters. The summed E-state index contributed by atoms with van der Waals surface area (Å²) in [6.45, 7) is 7.97. The van der Waals surface area contributed by atoms with Gasteiger partial charge < -0.3 is 10.1 Å². The zero-order chi connectivity index (χ0) is 12.7. The largest absolute Gasteiger partial charge is 0.465 e. The van der Waals surface area contributed by atoms with Crippen molar-refractivity contribution < 1.29 is 9.53 Å². The summed E-state index contributed by atoms with van der Waals surface area (Å²) in [5, 5.41) is 3.29. The van der Waals surface area contributed by atoms with Crippen molar-refractivity contribution in [3.63, 3.8) is 0 Å². The second-order valence-electron chi connectivity index (χ2n) is 5.71. The summed E-state index contributed by atoms with van der Waals surface area (Å²) in [4.78, 5) is 12.0. The van der Waals surface area contributed by atoms with Gasteiger partial charge in [-0.1, -0.05) is 40.0 Å². The predicted molar refractivity (Wildman–Crippen MR) is 69.9 cm³/mol. The molecule has 1 heterocycles.